The van der Waals surface area contributed by atoms with Gasteiger partial charge in [0.15, 0.2) is 0 Å². The molecule has 11 heavy (non-hydrogen) atoms. The number of hydrogen-bond donors (Lipinski definition) is 0. The third kappa shape index (κ3) is 13.2. The first kappa shape index (κ1) is 13.7. The van der Waals surface area contributed by atoms with Crippen LogP contribution in [-0.4, -0.2) is 18.9 Å². The Morgan fingerprint density at radius 3 is 2.09 bits per heavy atom. The van der Waals surface area contributed by atoms with Crippen molar-refractivity contribution >= 4 is 18.9 Å². The first-order valence-electron chi connectivity index (χ1n) is 4.35. The molecular formula is C10H19Li. The second kappa shape index (κ2) is 12.8. The Morgan fingerprint density at radius 2 is 1.55 bits per heavy atom. The molecule has 60 valence electrons. The molecule has 0 spiro atoms. The van der Waals surface area contributed by atoms with Crippen LogP contribution in [0.1, 0.15) is 51.9 Å². The van der Waals surface area contributed by atoms with Crippen LogP contribution in [0, 0.1) is 12.3 Å². The van der Waals surface area contributed by atoms with Crippen molar-refractivity contribution in [1.29, 1.82) is 0 Å². The van der Waals surface area contributed by atoms with Gasteiger partial charge in [0, 0.05) is 6.42 Å². The quantitative estimate of drug-likeness (QED) is 0.307. The van der Waals surface area contributed by atoms with E-state index in [9.17, 15) is 0 Å². The summed E-state index contributed by atoms with van der Waals surface area (Å²) in [5.74, 6) is 2.66. The molecule has 0 nitrogen and oxygen atoms in total. The third-order valence-corrected chi connectivity index (χ3v) is 1.67. The summed E-state index contributed by atoms with van der Waals surface area (Å²) in [5.41, 5.74) is 0. The fourth-order valence-electron chi connectivity index (χ4n) is 1.01. The zero-order valence-corrected chi connectivity index (χ0v) is 7.03. The first-order chi connectivity index (χ1) is 4.91. The monoisotopic (exact) mass is 146 g/mol. The molecule has 0 amide bonds. The van der Waals surface area contributed by atoms with Gasteiger partial charge in [-0.25, -0.2) is 0 Å². The molecular weight excluding hydrogens is 127 g/mol. The Morgan fingerprint density at radius 1 is 1.00 bits per heavy atom. The molecule has 0 heterocycles. The van der Waals surface area contributed by atoms with Crippen molar-refractivity contribution in [3.8, 4) is 12.3 Å². The summed E-state index contributed by atoms with van der Waals surface area (Å²) < 4.78 is 0. The fraction of sp³-hybridized carbons (Fsp3) is 0.800. The molecule has 1 heteroatoms. The Kier molecular flexibility index (Phi) is 16.0. The summed E-state index contributed by atoms with van der Waals surface area (Å²) in [7, 11) is 0. The summed E-state index contributed by atoms with van der Waals surface area (Å²) in [6.45, 7) is 2.24. The molecule has 0 aromatic carbocycles. The normalized spacial score (nSPS) is 8.36. The van der Waals surface area contributed by atoms with Gasteiger partial charge in [-0.15, -0.1) is 12.3 Å². The predicted octanol–water partition coefficient (Wildman–Crippen LogP) is 2.72. The van der Waals surface area contributed by atoms with E-state index in [1.165, 1.54) is 38.5 Å². The van der Waals surface area contributed by atoms with Gasteiger partial charge in [0.05, 0.1) is 0 Å². The first-order valence-corrected chi connectivity index (χ1v) is 4.35. The van der Waals surface area contributed by atoms with E-state index in [-0.39, 0.29) is 18.9 Å². The second-order valence-corrected chi connectivity index (χ2v) is 2.72. The molecule has 0 aliphatic rings. The third-order valence-electron chi connectivity index (χ3n) is 1.67. The van der Waals surface area contributed by atoms with Crippen LogP contribution in [0.3, 0.4) is 0 Å². The van der Waals surface area contributed by atoms with E-state index >= 15 is 0 Å². The van der Waals surface area contributed by atoms with E-state index in [0.717, 1.165) is 6.42 Å². The minimum atomic E-state index is 0. The summed E-state index contributed by atoms with van der Waals surface area (Å²) in [5, 5.41) is 0. The molecule has 0 fully saturated rings. The van der Waals surface area contributed by atoms with Gasteiger partial charge in [0.2, 0.25) is 0 Å². The van der Waals surface area contributed by atoms with Crippen LogP contribution < -0.4 is 0 Å². The molecule has 0 saturated heterocycles. The number of unbranched alkanes of at least 4 members (excludes halogenated alkanes) is 6. The average molecular weight is 146 g/mol. The van der Waals surface area contributed by atoms with Crippen LogP contribution >= 0.6 is 0 Å². The molecule has 0 aliphatic carbocycles. The summed E-state index contributed by atoms with van der Waals surface area (Å²) in [6, 6.07) is 0. The molecule has 0 radical (unpaired) electrons. The van der Waals surface area contributed by atoms with E-state index < -0.39 is 0 Å². The van der Waals surface area contributed by atoms with Gasteiger partial charge in [-0.3, -0.25) is 0 Å². The maximum absolute atomic E-state index is 5.12. The minimum absolute atomic E-state index is 0. The van der Waals surface area contributed by atoms with Crippen LogP contribution in [0.25, 0.3) is 0 Å². The van der Waals surface area contributed by atoms with Gasteiger partial charge in [0.25, 0.3) is 0 Å². The topological polar surface area (TPSA) is 0 Å². The van der Waals surface area contributed by atoms with Crippen molar-refractivity contribution in [3.05, 3.63) is 0 Å². The second-order valence-electron chi connectivity index (χ2n) is 2.72. The molecule has 0 unspecified atom stereocenters. The standard InChI is InChI=1S/C10H18.Li.H/c1-3-5-7-9-10-8-6-4-2;;/h1H,4-10H2,2H3;;. The Hall–Kier alpha value is 0.157. The van der Waals surface area contributed by atoms with Gasteiger partial charge in [-0.1, -0.05) is 39.0 Å². The number of terminal acetylenes is 1. The molecule has 0 aliphatic heterocycles. The van der Waals surface area contributed by atoms with E-state index in [2.05, 4.69) is 12.8 Å². The van der Waals surface area contributed by atoms with Crippen LogP contribution in [0.15, 0.2) is 0 Å². The van der Waals surface area contributed by atoms with Crippen LogP contribution in [0.5, 0.6) is 0 Å². The zero-order chi connectivity index (χ0) is 7.66. The van der Waals surface area contributed by atoms with Crippen molar-refractivity contribution in [2.45, 2.75) is 51.9 Å². The maximum atomic E-state index is 5.12. The number of hydrogen-bond acceptors (Lipinski definition) is 0. The van der Waals surface area contributed by atoms with Gasteiger partial charge in [0.1, 0.15) is 0 Å². The predicted molar refractivity (Wildman–Crippen MR) is 54.0 cm³/mol. The van der Waals surface area contributed by atoms with E-state index in [0.29, 0.717) is 0 Å². The van der Waals surface area contributed by atoms with Crippen molar-refractivity contribution < 1.29 is 0 Å². The van der Waals surface area contributed by atoms with Crippen molar-refractivity contribution in [2.24, 2.45) is 0 Å². The molecule has 0 saturated carbocycles. The summed E-state index contributed by atoms with van der Waals surface area (Å²) in [4.78, 5) is 0. The Labute approximate surface area is 83.3 Å². The van der Waals surface area contributed by atoms with Crippen LogP contribution in [0.4, 0.5) is 0 Å². The van der Waals surface area contributed by atoms with Gasteiger partial charge in [-0.2, -0.15) is 0 Å². The van der Waals surface area contributed by atoms with Gasteiger partial charge < -0.3 is 0 Å². The molecule has 0 rings (SSSR count). The average Bonchev–Trinajstić information content (AvgIpc) is 1.97. The fourth-order valence-corrected chi connectivity index (χ4v) is 1.01. The summed E-state index contributed by atoms with van der Waals surface area (Å²) >= 11 is 0. The van der Waals surface area contributed by atoms with Crippen molar-refractivity contribution in [1.82, 2.24) is 0 Å². The Bertz CT molecular complexity index is 91.5. The SMILES string of the molecule is C#CCCCCCCCC.[LiH]. The van der Waals surface area contributed by atoms with Gasteiger partial charge in [-0.05, 0) is 6.42 Å². The number of rotatable bonds is 6. The van der Waals surface area contributed by atoms with E-state index in [1.807, 2.05) is 0 Å². The van der Waals surface area contributed by atoms with Crippen molar-refractivity contribution in [2.75, 3.05) is 0 Å². The van der Waals surface area contributed by atoms with Crippen LogP contribution in [-0.2, 0) is 0 Å². The molecule has 0 atom stereocenters. The van der Waals surface area contributed by atoms with E-state index in [4.69, 9.17) is 6.42 Å². The summed E-state index contributed by atoms with van der Waals surface area (Å²) in [6.07, 6.45) is 14.1. The molecule has 0 aromatic rings. The van der Waals surface area contributed by atoms with Crippen LogP contribution in [0.2, 0.25) is 0 Å². The van der Waals surface area contributed by atoms with E-state index in [1.54, 1.807) is 0 Å². The van der Waals surface area contributed by atoms with Crippen molar-refractivity contribution in [3.63, 3.8) is 0 Å². The molecule has 0 bridgehead atoms. The zero-order valence-electron chi connectivity index (χ0n) is 7.03. The molecule has 0 aromatic heterocycles. The Balaban J connectivity index is 0. The van der Waals surface area contributed by atoms with Gasteiger partial charge >= 0.3 is 18.9 Å². The molecule has 0 N–H and O–H groups in total.